The number of unbranched alkanes of at least 4 members (excludes halogenated alkanes) is 1. The summed E-state index contributed by atoms with van der Waals surface area (Å²) in [5.74, 6) is -0.357. The van der Waals surface area contributed by atoms with Crippen LogP contribution in [0.2, 0.25) is 0 Å². The minimum absolute atomic E-state index is 0.197. The Morgan fingerprint density at radius 1 is 1.16 bits per heavy atom. The van der Waals surface area contributed by atoms with Gasteiger partial charge in [-0.15, -0.1) is 0 Å². The predicted octanol–water partition coefficient (Wildman–Crippen LogP) is 1.46. The van der Waals surface area contributed by atoms with Gasteiger partial charge in [0.1, 0.15) is 5.69 Å². The summed E-state index contributed by atoms with van der Waals surface area (Å²) < 4.78 is 1.31. The van der Waals surface area contributed by atoms with Crippen molar-refractivity contribution < 1.29 is 9.59 Å². The van der Waals surface area contributed by atoms with Crippen LogP contribution in [0.5, 0.6) is 0 Å². The zero-order valence-electron chi connectivity index (χ0n) is 14.0. The molecule has 0 aliphatic rings. The Balaban J connectivity index is 1.98. The van der Waals surface area contributed by atoms with Crippen LogP contribution in [0.3, 0.4) is 0 Å². The van der Waals surface area contributed by atoms with Crippen molar-refractivity contribution in [3.8, 4) is 0 Å². The monoisotopic (exact) mass is 343 g/mol. The number of urea groups is 1. The number of carbonyl (C=O) groups excluding carboxylic acids is 2. The second kappa shape index (κ2) is 8.62. The molecule has 0 aliphatic heterocycles. The third-order valence-corrected chi connectivity index (χ3v) is 3.50. The normalized spacial score (nSPS) is 10.3. The first-order valence-electron chi connectivity index (χ1n) is 8.01. The third-order valence-electron chi connectivity index (χ3n) is 3.50. The number of nitrogens with zero attached hydrogens (tertiary/aromatic N) is 2. The van der Waals surface area contributed by atoms with E-state index in [0.717, 1.165) is 18.4 Å². The zero-order chi connectivity index (χ0) is 18.2. The molecule has 0 saturated carbocycles. The van der Waals surface area contributed by atoms with E-state index in [4.69, 9.17) is 5.73 Å². The van der Waals surface area contributed by atoms with Crippen LogP contribution in [0.1, 0.15) is 35.8 Å². The first kappa shape index (κ1) is 18.2. The number of aryl methyl sites for hydroxylation is 1. The lowest BCUT2D eigenvalue weighted by molar-refractivity contribution is 0.0943. The van der Waals surface area contributed by atoms with Gasteiger partial charge in [-0.05, 0) is 30.2 Å². The van der Waals surface area contributed by atoms with E-state index < -0.39 is 6.03 Å². The van der Waals surface area contributed by atoms with Crippen molar-refractivity contribution in [2.45, 2.75) is 32.9 Å². The Hall–Kier alpha value is -3.16. The third kappa shape index (κ3) is 5.45. The number of hydrogen-bond donors (Lipinski definition) is 3. The number of aromatic nitrogens is 2. The molecule has 0 aliphatic carbocycles. The summed E-state index contributed by atoms with van der Waals surface area (Å²) in [7, 11) is 0. The van der Waals surface area contributed by atoms with Gasteiger partial charge in [-0.2, -0.15) is 5.10 Å². The van der Waals surface area contributed by atoms with E-state index in [9.17, 15) is 14.4 Å². The molecule has 132 valence electrons. The van der Waals surface area contributed by atoms with Crippen LogP contribution in [0.4, 0.5) is 10.5 Å². The van der Waals surface area contributed by atoms with Gasteiger partial charge < -0.3 is 16.4 Å². The van der Waals surface area contributed by atoms with Crippen molar-refractivity contribution in [1.82, 2.24) is 15.1 Å². The Morgan fingerprint density at radius 2 is 1.88 bits per heavy atom. The average Bonchev–Trinajstić information content (AvgIpc) is 2.59. The topological polar surface area (TPSA) is 119 Å². The fraction of sp³-hybridized carbons (Fsp3) is 0.294. The predicted molar refractivity (Wildman–Crippen MR) is 94.2 cm³/mol. The summed E-state index contributed by atoms with van der Waals surface area (Å²) in [4.78, 5) is 34.7. The molecule has 1 aromatic heterocycles. The van der Waals surface area contributed by atoms with Crippen molar-refractivity contribution >= 4 is 17.6 Å². The first-order chi connectivity index (χ1) is 12.0. The number of primary amides is 1. The van der Waals surface area contributed by atoms with Crippen LogP contribution in [-0.4, -0.2) is 21.7 Å². The van der Waals surface area contributed by atoms with Crippen molar-refractivity contribution in [3.05, 3.63) is 58.0 Å². The van der Waals surface area contributed by atoms with E-state index in [2.05, 4.69) is 15.7 Å². The molecule has 0 radical (unpaired) electrons. The van der Waals surface area contributed by atoms with Gasteiger partial charge in [-0.3, -0.25) is 9.59 Å². The Bertz CT molecular complexity index is 799. The van der Waals surface area contributed by atoms with Gasteiger partial charge in [0.05, 0.1) is 0 Å². The maximum absolute atomic E-state index is 12.2. The van der Waals surface area contributed by atoms with Crippen molar-refractivity contribution in [1.29, 1.82) is 0 Å². The number of nitrogens with one attached hydrogen (secondary N) is 2. The quantitative estimate of drug-likeness (QED) is 0.705. The van der Waals surface area contributed by atoms with Crippen LogP contribution >= 0.6 is 0 Å². The van der Waals surface area contributed by atoms with E-state index in [0.29, 0.717) is 18.8 Å². The maximum Gasteiger partial charge on any atom is 0.316 e. The van der Waals surface area contributed by atoms with E-state index in [1.165, 1.54) is 16.8 Å². The van der Waals surface area contributed by atoms with E-state index in [1.807, 2.05) is 6.92 Å². The molecule has 0 spiro atoms. The highest BCUT2D eigenvalue weighted by molar-refractivity contribution is 5.92. The van der Waals surface area contributed by atoms with Gasteiger partial charge >= 0.3 is 6.03 Å². The van der Waals surface area contributed by atoms with Crippen molar-refractivity contribution in [3.63, 3.8) is 0 Å². The second-order valence-corrected chi connectivity index (χ2v) is 5.50. The lowest BCUT2D eigenvalue weighted by atomic mass is 10.2. The molecule has 0 unspecified atom stereocenters. The Kier molecular flexibility index (Phi) is 6.27. The Morgan fingerprint density at radius 3 is 2.52 bits per heavy atom. The number of amides is 3. The van der Waals surface area contributed by atoms with E-state index >= 15 is 0 Å². The lowest BCUT2D eigenvalue weighted by Crippen LogP contribution is -2.29. The smallest absolute Gasteiger partial charge is 0.316 e. The van der Waals surface area contributed by atoms with Crippen LogP contribution in [-0.2, 0) is 13.1 Å². The maximum atomic E-state index is 12.2. The minimum Gasteiger partial charge on any atom is -0.351 e. The van der Waals surface area contributed by atoms with Crippen molar-refractivity contribution in [2.24, 2.45) is 5.73 Å². The van der Waals surface area contributed by atoms with E-state index in [1.54, 1.807) is 24.3 Å². The SMILES string of the molecule is CCCCn1nc(C(=O)NCc2ccc(NC(N)=O)cc2)ccc1=O. The van der Waals surface area contributed by atoms with Gasteiger partial charge in [-0.1, -0.05) is 25.5 Å². The molecule has 25 heavy (non-hydrogen) atoms. The molecule has 2 aromatic rings. The molecule has 0 saturated heterocycles. The summed E-state index contributed by atoms with van der Waals surface area (Å²) in [6, 6.07) is 9.04. The minimum atomic E-state index is -0.634. The molecule has 8 nitrogen and oxygen atoms in total. The Labute approximate surface area is 145 Å². The standard InChI is InChI=1S/C17H21N5O3/c1-2-3-10-22-15(23)9-8-14(21-22)16(24)19-11-12-4-6-13(7-5-12)20-17(18)25/h4-9H,2-3,10-11H2,1H3,(H,19,24)(H3,18,20,25). The summed E-state index contributed by atoms with van der Waals surface area (Å²) in [6.07, 6.45) is 1.76. The molecule has 0 fully saturated rings. The highest BCUT2D eigenvalue weighted by Gasteiger charge is 2.09. The van der Waals surface area contributed by atoms with Gasteiger partial charge in [0.25, 0.3) is 11.5 Å². The molecular formula is C17H21N5O3. The summed E-state index contributed by atoms with van der Waals surface area (Å²) in [6.45, 7) is 2.81. The zero-order valence-corrected chi connectivity index (χ0v) is 14.0. The molecule has 8 heteroatoms. The summed E-state index contributed by atoms with van der Waals surface area (Å²) in [5, 5.41) is 9.31. The largest absolute Gasteiger partial charge is 0.351 e. The molecule has 1 aromatic carbocycles. The van der Waals surface area contributed by atoms with Gasteiger partial charge in [0.15, 0.2) is 0 Å². The summed E-state index contributed by atoms with van der Waals surface area (Å²) >= 11 is 0. The van der Waals surface area contributed by atoms with Crippen LogP contribution in [0.25, 0.3) is 0 Å². The van der Waals surface area contributed by atoms with Crippen molar-refractivity contribution in [2.75, 3.05) is 5.32 Å². The average molecular weight is 343 g/mol. The highest BCUT2D eigenvalue weighted by atomic mass is 16.2. The van der Waals surface area contributed by atoms with Gasteiger partial charge in [0, 0.05) is 24.8 Å². The highest BCUT2D eigenvalue weighted by Crippen LogP contribution is 2.09. The molecule has 4 N–H and O–H groups in total. The number of carbonyl (C=O) groups is 2. The number of nitrogens with two attached hydrogens (primary N) is 1. The van der Waals surface area contributed by atoms with Crippen LogP contribution < -0.4 is 21.9 Å². The van der Waals surface area contributed by atoms with E-state index in [-0.39, 0.29) is 17.2 Å². The molecule has 3 amide bonds. The molecular weight excluding hydrogens is 322 g/mol. The number of benzene rings is 1. The molecule has 1 heterocycles. The fourth-order valence-electron chi connectivity index (χ4n) is 2.16. The van der Waals surface area contributed by atoms with Crippen LogP contribution in [0, 0.1) is 0 Å². The number of rotatable bonds is 7. The number of hydrogen-bond acceptors (Lipinski definition) is 4. The van der Waals surface area contributed by atoms with Crippen LogP contribution in [0.15, 0.2) is 41.2 Å². The van der Waals surface area contributed by atoms with Gasteiger partial charge in [0.2, 0.25) is 0 Å². The molecule has 0 bridgehead atoms. The molecule has 2 rings (SSSR count). The second-order valence-electron chi connectivity index (χ2n) is 5.50. The molecule has 0 atom stereocenters. The van der Waals surface area contributed by atoms with Gasteiger partial charge in [-0.25, -0.2) is 9.48 Å². The fourth-order valence-corrected chi connectivity index (χ4v) is 2.16. The lowest BCUT2D eigenvalue weighted by Gasteiger charge is -2.08. The first-order valence-corrected chi connectivity index (χ1v) is 8.01. The summed E-state index contributed by atoms with van der Waals surface area (Å²) in [5.41, 5.74) is 6.44. The number of anilines is 1.